The van der Waals surface area contributed by atoms with Crippen LogP contribution in [0.15, 0.2) is 24.3 Å². The number of primary amides is 1. The fraction of sp³-hybridized carbons (Fsp3) is 0.417. The summed E-state index contributed by atoms with van der Waals surface area (Å²) in [6.45, 7) is 1.34. The van der Waals surface area contributed by atoms with Crippen LogP contribution in [0.25, 0.3) is 0 Å². The number of hydrogen-bond donors (Lipinski definition) is 1. The number of hydrogen-bond acceptors (Lipinski definition) is 2. The summed E-state index contributed by atoms with van der Waals surface area (Å²) < 4.78 is 1.24. The SMILES string of the molecule is NC(=O)CN1CCCC1c1ccc(I)cc1. The normalized spacial score (nSPS) is 21.2. The fourth-order valence-corrected chi connectivity index (χ4v) is 2.64. The van der Waals surface area contributed by atoms with Gasteiger partial charge in [-0.15, -0.1) is 0 Å². The van der Waals surface area contributed by atoms with E-state index in [2.05, 4.69) is 51.8 Å². The molecule has 1 atom stereocenters. The van der Waals surface area contributed by atoms with E-state index in [1.807, 2.05) is 0 Å². The lowest BCUT2D eigenvalue weighted by Crippen LogP contribution is -2.33. The highest BCUT2D eigenvalue weighted by atomic mass is 127. The van der Waals surface area contributed by atoms with E-state index in [-0.39, 0.29) is 5.91 Å². The van der Waals surface area contributed by atoms with Gasteiger partial charge in [0.2, 0.25) is 5.91 Å². The van der Waals surface area contributed by atoms with E-state index in [1.165, 1.54) is 9.13 Å². The van der Waals surface area contributed by atoms with E-state index in [9.17, 15) is 4.79 Å². The number of halogens is 1. The first kappa shape index (κ1) is 11.9. The van der Waals surface area contributed by atoms with Crippen molar-refractivity contribution < 1.29 is 4.79 Å². The minimum absolute atomic E-state index is 0.239. The molecule has 2 N–H and O–H groups in total. The number of amides is 1. The maximum atomic E-state index is 11.0. The molecule has 0 radical (unpaired) electrons. The molecule has 1 heterocycles. The Hall–Kier alpha value is -0.620. The van der Waals surface area contributed by atoms with Gasteiger partial charge >= 0.3 is 0 Å². The van der Waals surface area contributed by atoms with Gasteiger partial charge in [0.25, 0.3) is 0 Å². The molecule has 1 unspecified atom stereocenters. The third kappa shape index (κ3) is 2.74. The van der Waals surface area contributed by atoms with E-state index >= 15 is 0 Å². The van der Waals surface area contributed by atoms with E-state index in [1.54, 1.807) is 0 Å². The lowest BCUT2D eigenvalue weighted by Gasteiger charge is -2.23. The molecule has 16 heavy (non-hydrogen) atoms. The molecule has 0 saturated carbocycles. The van der Waals surface area contributed by atoms with Crippen LogP contribution in [0.5, 0.6) is 0 Å². The number of carbonyl (C=O) groups excluding carboxylic acids is 1. The first-order chi connectivity index (χ1) is 7.66. The highest BCUT2D eigenvalue weighted by Crippen LogP contribution is 2.31. The van der Waals surface area contributed by atoms with Gasteiger partial charge in [-0.1, -0.05) is 12.1 Å². The third-order valence-corrected chi connectivity index (χ3v) is 3.70. The first-order valence-electron chi connectivity index (χ1n) is 5.44. The first-order valence-corrected chi connectivity index (χ1v) is 6.52. The van der Waals surface area contributed by atoms with Gasteiger partial charge < -0.3 is 5.73 Å². The maximum absolute atomic E-state index is 11.0. The summed E-state index contributed by atoms with van der Waals surface area (Å²) in [5.41, 5.74) is 6.55. The minimum Gasteiger partial charge on any atom is -0.369 e. The molecular formula is C12H15IN2O. The molecule has 1 amide bonds. The maximum Gasteiger partial charge on any atom is 0.231 e. The van der Waals surface area contributed by atoms with Crippen molar-refractivity contribution in [1.29, 1.82) is 0 Å². The van der Waals surface area contributed by atoms with Gasteiger partial charge in [-0.3, -0.25) is 9.69 Å². The van der Waals surface area contributed by atoms with Gasteiger partial charge in [0.05, 0.1) is 6.54 Å². The van der Waals surface area contributed by atoms with E-state index in [0.29, 0.717) is 12.6 Å². The molecule has 1 aromatic rings. The Kier molecular flexibility index (Phi) is 3.81. The monoisotopic (exact) mass is 330 g/mol. The summed E-state index contributed by atoms with van der Waals surface area (Å²) in [6, 6.07) is 8.87. The summed E-state index contributed by atoms with van der Waals surface area (Å²) in [5.74, 6) is -0.239. The van der Waals surface area contributed by atoms with Crippen LogP contribution < -0.4 is 5.73 Å². The van der Waals surface area contributed by atoms with Crippen molar-refractivity contribution in [2.24, 2.45) is 5.73 Å². The van der Waals surface area contributed by atoms with Crippen LogP contribution in [0.2, 0.25) is 0 Å². The minimum atomic E-state index is -0.239. The zero-order chi connectivity index (χ0) is 11.5. The summed E-state index contributed by atoms with van der Waals surface area (Å²) in [5, 5.41) is 0. The second-order valence-electron chi connectivity index (χ2n) is 4.15. The molecule has 1 saturated heterocycles. The average molecular weight is 330 g/mol. The molecule has 86 valence electrons. The number of nitrogens with zero attached hydrogens (tertiary/aromatic N) is 1. The Morgan fingerprint density at radius 3 is 2.75 bits per heavy atom. The van der Waals surface area contributed by atoms with Crippen molar-refractivity contribution in [3.05, 3.63) is 33.4 Å². The molecule has 0 bridgehead atoms. The second-order valence-corrected chi connectivity index (χ2v) is 5.39. The summed E-state index contributed by atoms with van der Waals surface area (Å²) in [7, 11) is 0. The molecule has 1 aromatic carbocycles. The Morgan fingerprint density at radius 2 is 2.12 bits per heavy atom. The summed E-state index contributed by atoms with van der Waals surface area (Å²) in [4.78, 5) is 13.1. The predicted molar refractivity (Wildman–Crippen MR) is 71.9 cm³/mol. The molecule has 4 heteroatoms. The highest BCUT2D eigenvalue weighted by molar-refractivity contribution is 14.1. The predicted octanol–water partition coefficient (Wildman–Crippen LogP) is 1.91. The highest BCUT2D eigenvalue weighted by Gasteiger charge is 2.26. The van der Waals surface area contributed by atoms with Crippen molar-refractivity contribution in [3.63, 3.8) is 0 Å². The largest absolute Gasteiger partial charge is 0.369 e. The number of likely N-dealkylation sites (tertiary alicyclic amines) is 1. The standard InChI is InChI=1S/C12H15IN2O/c13-10-5-3-9(4-6-10)11-2-1-7-15(11)8-12(14)16/h3-6,11H,1-2,7-8H2,(H2,14,16). The molecule has 2 rings (SSSR count). The van der Waals surface area contributed by atoms with Crippen LogP contribution in [-0.2, 0) is 4.79 Å². The molecule has 0 aromatic heterocycles. The third-order valence-electron chi connectivity index (χ3n) is 2.98. The van der Waals surface area contributed by atoms with Gasteiger partial charge in [0.1, 0.15) is 0 Å². The molecule has 1 fully saturated rings. The lowest BCUT2D eigenvalue weighted by atomic mass is 10.0. The van der Waals surface area contributed by atoms with Gasteiger partial charge in [-0.25, -0.2) is 0 Å². The van der Waals surface area contributed by atoms with Gasteiger partial charge in [0, 0.05) is 9.61 Å². The van der Waals surface area contributed by atoms with Crippen LogP contribution >= 0.6 is 22.6 Å². The van der Waals surface area contributed by atoms with E-state index in [4.69, 9.17) is 5.73 Å². The fourth-order valence-electron chi connectivity index (χ4n) is 2.28. The Labute approximate surface area is 109 Å². The number of benzene rings is 1. The Morgan fingerprint density at radius 1 is 1.44 bits per heavy atom. The van der Waals surface area contributed by atoms with Crippen molar-refractivity contribution in [2.45, 2.75) is 18.9 Å². The quantitative estimate of drug-likeness (QED) is 0.861. The summed E-state index contributed by atoms with van der Waals surface area (Å²) in [6.07, 6.45) is 2.26. The molecule has 0 aliphatic carbocycles. The van der Waals surface area contributed by atoms with Crippen LogP contribution in [0.3, 0.4) is 0 Å². The molecule has 1 aliphatic rings. The van der Waals surface area contributed by atoms with E-state index < -0.39 is 0 Å². The zero-order valence-electron chi connectivity index (χ0n) is 9.03. The Bertz CT molecular complexity index is 377. The van der Waals surface area contributed by atoms with E-state index in [0.717, 1.165) is 19.4 Å². The van der Waals surface area contributed by atoms with Crippen LogP contribution in [0.4, 0.5) is 0 Å². The van der Waals surface area contributed by atoms with Gasteiger partial charge in [-0.05, 0) is 59.7 Å². The Balaban J connectivity index is 2.13. The van der Waals surface area contributed by atoms with Gasteiger partial charge in [-0.2, -0.15) is 0 Å². The number of nitrogens with two attached hydrogens (primary N) is 1. The average Bonchev–Trinajstić information content (AvgIpc) is 2.66. The van der Waals surface area contributed by atoms with Gasteiger partial charge in [0.15, 0.2) is 0 Å². The van der Waals surface area contributed by atoms with Crippen molar-refractivity contribution in [3.8, 4) is 0 Å². The summed E-state index contributed by atoms with van der Waals surface area (Å²) >= 11 is 2.30. The lowest BCUT2D eigenvalue weighted by molar-refractivity contribution is -0.119. The van der Waals surface area contributed by atoms with Crippen LogP contribution in [0.1, 0.15) is 24.4 Å². The molecular weight excluding hydrogens is 315 g/mol. The van der Waals surface area contributed by atoms with Crippen molar-refractivity contribution in [1.82, 2.24) is 4.90 Å². The number of rotatable bonds is 3. The van der Waals surface area contributed by atoms with Crippen molar-refractivity contribution in [2.75, 3.05) is 13.1 Å². The molecule has 1 aliphatic heterocycles. The second kappa shape index (κ2) is 5.14. The smallest absolute Gasteiger partial charge is 0.231 e. The van der Waals surface area contributed by atoms with Crippen LogP contribution in [0, 0.1) is 3.57 Å². The van der Waals surface area contributed by atoms with Crippen molar-refractivity contribution >= 4 is 28.5 Å². The topological polar surface area (TPSA) is 46.3 Å². The number of carbonyl (C=O) groups is 1. The molecule has 3 nitrogen and oxygen atoms in total. The zero-order valence-corrected chi connectivity index (χ0v) is 11.2. The molecule has 0 spiro atoms. The van der Waals surface area contributed by atoms with Crippen LogP contribution in [-0.4, -0.2) is 23.9 Å².